The Morgan fingerprint density at radius 2 is 2.17 bits per heavy atom. The number of aromatic nitrogens is 2. The minimum atomic E-state index is 0. The van der Waals surface area contributed by atoms with Gasteiger partial charge in [-0.05, 0) is 24.1 Å². The zero-order chi connectivity index (χ0) is 16.2. The summed E-state index contributed by atoms with van der Waals surface area (Å²) in [5.74, 6) is 1.29. The van der Waals surface area contributed by atoms with Gasteiger partial charge in [0.15, 0.2) is 0 Å². The Hall–Kier alpha value is -1.27. The molecule has 1 N–H and O–H groups in total. The zero-order valence-corrected chi connectivity index (χ0v) is 15.5. The number of anilines is 1. The third-order valence-corrected chi connectivity index (χ3v) is 4.48. The zero-order valence-electron chi connectivity index (χ0n) is 13.2. The van der Waals surface area contributed by atoms with E-state index in [0.717, 1.165) is 25.1 Å². The van der Waals surface area contributed by atoms with Crippen molar-refractivity contribution < 1.29 is 4.74 Å². The first kappa shape index (κ1) is 19.1. The monoisotopic (exact) mass is 388 g/mol. The number of benzene rings is 1. The minimum absolute atomic E-state index is 0. The van der Waals surface area contributed by atoms with Gasteiger partial charge < -0.3 is 15.0 Å². The topological polar surface area (TPSA) is 50.3 Å². The van der Waals surface area contributed by atoms with Crippen LogP contribution in [-0.2, 0) is 6.54 Å². The Bertz CT molecular complexity index is 686. The van der Waals surface area contributed by atoms with Crippen LogP contribution in [0.1, 0.15) is 12.0 Å². The molecular weight excluding hydrogens is 371 g/mol. The van der Waals surface area contributed by atoms with Gasteiger partial charge in [0.25, 0.3) is 0 Å². The first-order valence-electron chi connectivity index (χ1n) is 7.45. The minimum Gasteiger partial charge on any atom is -0.481 e. The van der Waals surface area contributed by atoms with Crippen LogP contribution in [0.25, 0.3) is 0 Å². The fourth-order valence-electron chi connectivity index (χ4n) is 2.63. The molecule has 3 rings (SSSR count). The molecule has 0 radical (unpaired) electrons. The molecule has 1 aromatic carbocycles. The van der Waals surface area contributed by atoms with Crippen LogP contribution in [0.2, 0.25) is 10.0 Å². The van der Waals surface area contributed by atoms with E-state index in [-0.39, 0.29) is 12.4 Å². The highest BCUT2D eigenvalue weighted by Gasteiger charge is 2.24. The second kappa shape index (κ2) is 8.72. The van der Waals surface area contributed by atoms with Crippen molar-refractivity contribution in [1.29, 1.82) is 0 Å². The highest BCUT2D eigenvalue weighted by Crippen LogP contribution is 2.22. The average molecular weight is 390 g/mol. The van der Waals surface area contributed by atoms with E-state index >= 15 is 0 Å². The van der Waals surface area contributed by atoms with Crippen molar-refractivity contribution in [1.82, 2.24) is 15.3 Å². The molecule has 1 aromatic heterocycles. The molecule has 1 aliphatic heterocycles. The SMILES string of the molecule is COc1ccnc(N2CC[C@H](NCc3ccc(Cl)cc3Cl)C2)n1.Cl. The van der Waals surface area contributed by atoms with Crippen LogP contribution in [0.4, 0.5) is 5.95 Å². The Morgan fingerprint density at radius 3 is 2.92 bits per heavy atom. The predicted octanol–water partition coefficient (Wildman–Crippen LogP) is 3.58. The van der Waals surface area contributed by atoms with Gasteiger partial charge >= 0.3 is 0 Å². The molecule has 1 saturated heterocycles. The predicted molar refractivity (Wildman–Crippen MR) is 99.8 cm³/mol. The first-order chi connectivity index (χ1) is 11.2. The summed E-state index contributed by atoms with van der Waals surface area (Å²) in [6, 6.07) is 7.70. The smallest absolute Gasteiger partial charge is 0.228 e. The van der Waals surface area contributed by atoms with Gasteiger partial charge in [-0.3, -0.25) is 0 Å². The summed E-state index contributed by atoms with van der Waals surface area (Å²) < 4.78 is 5.15. The second-order valence-electron chi connectivity index (χ2n) is 5.45. The largest absolute Gasteiger partial charge is 0.481 e. The van der Waals surface area contributed by atoms with E-state index in [0.29, 0.717) is 34.5 Å². The number of rotatable bonds is 5. The first-order valence-corrected chi connectivity index (χ1v) is 8.20. The normalized spacial score (nSPS) is 16.8. The number of hydrogen-bond donors (Lipinski definition) is 1. The quantitative estimate of drug-likeness (QED) is 0.847. The summed E-state index contributed by atoms with van der Waals surface area (Å²) in [6.07, 6.45) is 2.75. The summed E-state index contributed by atoms with van der Waals surface area (Å²) in [4.78, 5) is 10.9. The Labute approximate surface area is 157 Å². The van der Waals surface area contributed by atoms with Gasteiger partial charge in [0, 0.05) is 48.0 Å². The summed E-state index contributed by atoms with van der Waals surface area (Å²) in [5.41, 5.74) is 1.05. The molecule has 130 valence electrons. The third kappa shape index (κ3) is 4.63. The van der Waals surface area contributed by atoms with Crippen molar-refractivity contribution in [3.63, 3.8) is 0 Å². The summed E-state index contributed by atoms with van der Waals surface area (Å²) in [7, 11) is 1.61. The maximum Gasteiger partial charge on any atom is 0.228 e. The summed E-state index contributed by atoms with van der Waals surface area (Å²) >= 11 is 12.1. The van der Waals surface area contributed by atoms with Gasteiger partial charge in [-0.25, -0.2) is 4.98 Å². The molecule has 2 aromatic rings. The lowest BCUT2D eigenvalue weighted by Gasteiger charge is -2.17. The van der Waals surface area contributed by atoms with Crippen molar-refractivity contribution >= 4 is 41.6 Å². The van der Waals surface area contributed by atoms with Crippen LogP contribution in [0, 0.1) is 0 Å². The Balaban J connectivity index is 0.00000208. The van der Waals surface area contributed by atoms with Crippen LogP contribution in [0.15, 0.2) is 30.5 Å². The summed E-state index contributed by atoms with van der Waals surface area (Å²) in [6.45, 7) is 2.49. The van der Waals surface area contributed by atoms with Gasteiger partial charge in [0.1, 0.15) is 0 Å². The Kier molecular flexibility index (Phi) is 6.92. The number of nitrogens with zero attached hydrogens (tertiary/aromatic N) is 3. The van der Waals surface area contributed by atoms with Crippen molar-refractivity contribution in [3.05, 3.63) is 46.1 Å². The fraction of sp³-hybridized carbons (Fsp3) is 0.375. The van der Waals surface area contributed by atoms with Crippen molar-refractivity contribution in [2.45, 2.75) is 19.0 Å². The van der Waals surface area contributed by atoms with E-state index < -0.39 is 0 Å². The molecular formula is C16H19Cl3N4O. The number of halogens is 3. The molecule has 1 fully saturated rings. The van der Waals surface area contributed by atoms with E-state index in [1.165, 1.54) is 0 Å². The van der Waals surface area contributed by atoms with E-state index in [1.807, 2.05) is 12.1 Å². The van der Waals surface area contributed by atoms with E-state index in [9.17, 15) is 0 Å². The molecule has 2 heterocycles. The molecule has 0 aliphatic carbocycles. The van der Waals surface area contributed by atoms with Crippen LogP contribution in [0.5, 0.6) is 5.88 Å². The van der Waals surface area contributed by atoms with E-state index in [1.54, 1.807) is 25.4 Å². The molecule has 1 atom stereocenters. The maximum atomic E-state index is 6.20. The van der Waals surface area contributed by atoms with Crippen molar-refractivity contribution in [3.8, 4) is 5.88 Å². The molecule has 0 unspecified atom stereocenters. The molecule has 8 heteroatoms. The fourth-order valence-corrected chi connectivity index (χ4v) is 3.10. The van der Waals surface area contributed by atoms with Gasteiger partial charge in [0.05, 0.1) is 7.11 Å². The third-order valence-electron chi connectivity index (χ3n) is 3.89. The molecule has 24 heavy (non-hydrogen) atoms. The van der Waals surface area contributed by atoms with Gasteiger partial charge in [-0.15, -0.1) is 12.4 Å². The van der Waals surface area contributed by atoms with Gasteiger partial charge in [-0.2, -0.15) is 4.98 Å². The van der Waals surface area contributed by atoms with Crippen molar-refractivity contribution in [2.24, 2.45) is 0 Å². The van der Waals surface area contributed by atoms with E-state index in [4.69, 9.17) is 27.9 Å². The van der Waals surface area contributed by atoms with Gasteiger partial charge in [0.2, 0.25) is 11.8 Å². The van der Waals surface area contributed by atoms with Crippen LogP contribution >= 0.6 is 35.6 Å². The molecule has 0 saturated carbocycles. The molecule has 0 amide bonds. The Morgan fingerprint density at radius 1 is 1.33 bits per heavy atom. The lowest BCUT2D eigenvalue weighted by atomic mass is 10.2. The number of hydrogen-bond acceptors (Lipinski definition) is 5. The molecule has 0 bridgehead atoms. The highest BCUT2D eigenvalue weighted by atomic mass is 35.5. The number of ether oxygens (including phenoxy) is 1. The molecule has 5 nitrogen and oxygen atoms in total. The summed E-state index contributed by atoms with van der Waals surface area (Å²) in [5, 5.41) is 4.87. The lowest BCUT2D eigenvalue weighted by Crippen LogP contribution is -2.32. The van der Waals surface area contributed by atoms with Crippen LogP contribution in [-0.4, -0.2) is 36.2 Å². The average Bonchev–Trinajstić information content (AvgIpc) is 3.03. The van der Waals surface area contributed by atoms with Gasteiger partial charge in [-0.1, -0.05) is 29.3 Å². The molecule has 1 aliphatic rings. The standard InChI is InChI=1S/C16H18Cl2N4O.ClH/c1-23-15-4-6-19-16(21-15)22-7-5-13(10-22)20-9-11-2-3-12(17)8-14(11)18;/h2-4,6,8,13,20H,5,7,9-10H2,1H3;1H/t13-;/m0./s1. The van der Waals surface area contributed by atoms with E-state index in [2.05, 4.69) is 20.2 Å². The second-order valence-corrected chi connectivity index (χ2v) is 6.29. The van der Waals surface area contributed by atoms with Crippen LogP contribution < -0.4 is 15.0 Å². The van der Waals surface area contributed by atoms with Crippen LogP contribution in [0.3, 0.4) is 0 Å². The lowest BCUT2D eigenvalue weighted by molar-refractivity contribution is 0.397. The number of methoxy groups -OCH3 is 1. The van der Waals surface area contributed by atoms with Crippen molar-refractivity contribution in [2.75, 3.05) is 25.1 Å². The highest BCUT2D eigenvalue weighted by molar-refractivity contribution is 6.35. The molecule has 0 spiro atoms. The maximum absolute atomic E-state index is 6.20. The number of nitrogens with one attached hydrogen (secondary N) is 1.